The van der Waals surface area contributed by atoms with Gasteiger partial charge in [-0.2, -0.15) is 0 Å². The Balaban J connectivity index is 3.58. The first kappa shape index (κ1) is 15.2. The number of ether oxygens (including phenoxy) is 1. The third kappa shape index (κ3) is 9.79. The van der Waals surface area contributed by atoms with Crippen molar-refractivity contribution in [3.05, 3.63) is 0 Å². The van der Waals surface area contributed by atoms with E-state index in [9.17, 15) is 9.59 Å². The Morgan fingerprint density at radius 1 is 1.31 bits per heavy atom. The number of nitrogens with one attached hydrogen (secondary N) is 1. The third-order valence-corrected chi connectivity index (χ3v) is 2.21. The molecule has 0 unspecified atom stereocenters. The molecule has 6 heteroatoms. The molecule has 1 amide bonds. The zero-order valence-corrected chi connectivity index (χ0v) is 10.7. The molecule has 5 nitrogen and oxygen atoms in total. The Kier molecular flexibility index (Phi) is 7.16. The summed E-state index contributed by atoms with van der Waals surface area (Å²) >= 11 is 1.19. The highest BCUT2D eigenvalue weighted by atomic mass is 32.2. The zero-order valence-electron chi connectivity index (χ0n) is 9.91. The molecule has 0 spiro atoms. The number of carbonyl (C=O) groups excluding carboxylic acids is 2. The van der Waals surface area contributed by atoms with E-state index >= 15 is 0 Å². The molecular formula is C10H19NO4S. The van der Waals surface area contributed by atoms with E-state index in [0.717, 1.165) is 0 Å². The van der Waals surface area contributed by atoms with Gasteiger partial charge in [-0.05, 0) is 20.8 Å². The van der Waals surface area contributed by atoms with E-state index in [4.69, 9.17) is 9.84 Å². The van der Waals surface area contributed by atoms with Crippen molar-refractivity contribution >= 4 is 23.6 Å². The SMILES string of the molecule is CC(C)(C)OC(=O)CSCC(=O)NCCO. The summed E-state index contributed by atoms with van der Waals surface area (Å²) in [5.41, 5.74) is -0.489. The van der Waals surface area contributed by atoms with Crippen molar-refractivity contribution in [1.82, 2.24) is 5.32 Å². The lowest BCUT2D eigenvalue weighted by molar-refractivity contribution is -0.151. The van der Waals surface area contributed by atoms with Gasteiger partial charge in [0.2, 0.25) is 5.91 Å². The monoisotopic (exact) mass is 249 g/mol. The molecule has 0 saturated carbocycles. The first-order chi connectivity index (χ1) is 7.35. The third-order valence-electron chi connectivity index (χ3n) is 1.31. The normalized spacial score (nSPS) is 11.0. The summed E-state index contributed by atoms with van der Waals surface area (Å²) in [4.78, 5) is 22.3. The zero-order chi connectivity index (χ0) is 12.6. The second kappa shape index (κ2) is 7.51. The van der Waals surface area contributed by atoms with Crippen LogP contribution in [0.3, 0.4) is 0 Å². The number of carbonyl (C=O) groups is 2. The smallest absolute Gasteiger partial charge is 0.316 e. The fourth-order valence-corrected chi connectivity index (χ4v) is 1.46. The maximum absolute atomic E-state index is 11.2. The van der Waals surface area contributed by atoms with Crippen LogP contribution in [-0.4, -0.2) is 47.2 Å². The highest BCUT2D eigenvalue weighted by Crippen LogP contribution is 2.09. The number of amides is 1. The van der Waals surface area contributed by atoms with Gasteiger partial charge in [0.15, 0.2) is 0 Å². The van der Waals surface area contributed by atoms with Gasteiger partial charge in [-0.15, -0.1) is 11.8 Å². The lowest BCUT2D eigenvalue weighted by Crippen LogP contribution is -2.29. The number of thioether (sulfide) groups is 1. The maximum Gasteiger partial charge on any atom is 0.316 e. The van der Waals surface area contributed by atoms with Crippen molar-refractivity contribution in [3.8, 4) is 0 Å². The molecule has 0 rings (SSSR count). The molecule has 0 aromatic rings. The van der Waals surface area contributed by atoms with Crippen molar-refractivity contribution in [3.63, 3.8) is 0 Å². The van der Waals surface area contributed by atoms with Gasteiger partial charge in [-0.3, -0.25) is 9.59 Å². The highest BCUT2D eigenvalue weighted by molar-refractivity contribution is 8.00. The number of hydrogen-bond donors (Lipinski definition) is 2. The lowest BCUT2D eigenvalue weighted by Gasteiger charge is -2.19. The molecule has 0 aliphatic rings. The van der Waals surface area contributed by atoms with Crippen LogP contribution in [0.4, 0.5) is 0 Å². The molecule has 0 aliphatic heterocycles. The standard InChI is InChI=1S/C10H19NO4S/c1-10(2,3)15-9(14)7-16-6-8(13)11-4-5-12/h12H,4-7H2,1-3H3,(H,11,13). The molecule has 94 valence electrons. The van der Waals surface area contributed by atoms with Crippen LogP contribution in [0.5, 0.6) is 0 Å². The van der Waals surface area contributed by atoms with Gasteiger partial charge in [0.1, 0.15) is 5.60 Å². The quantitative estimate of drug-likeness (QED) is 0.656. The molecule has 0 aliphatic carbocycles. The number of aliphatic hydroxyl groups is 1. The van der Waals surface area contributed by atoms with Crippen LogP contribution in [0.2, 0.25) is 0 Å². The van der Waals surface area contributed by atoms with Gasteiger partial charge in [0.05, 0.1) is 18.1 Å². The molecule has 0 fully saturated rings. The molecule has 0 aromatic carbocycles. The molecule has 0 atom stereocenters. The van der Waals surface area contributed by atoms with Gasteiger partial charge in [-0.25, -0.2) is 0 Å². The fraction of sp³-hybridized carbons (Fsp3) is 0.800. The minimum Gasteiger partial charge on any atom is -0.459 e. The summed E-state index contributed by atoms with van der Waals surface area (Å²) in [5, 5.41) is 11.0. The molecule has 2 N–H and O–H groups in total. The van der Waals surface area contributed by atoms with Crippen LogP contribution in [0.15, 0.2) is 0 Å². The van der Waals surface area contributed by atoms with Gasteiger partial charge in [0, 0.05) is 6.54 Å². The number of hydrogen-bond acceptors (Lipinski definition) is 5. The van der Waals surface area contributed by atoms with Crippen molar-refractivity contribution < 1.29 is 19.4 Å². The van der Waals surface area contributed by atoms with Crippen molar-refractivity contribution in [1.29, 1.82) is 0 Å². The van der Waals surface area contributed by atoms with Crippen molar-refractivity contribution in [2.75, 3.05) is 24.7 Å². The Hall–Kier alpha value is -0.750. The Morgan fingerprint density at radius 2 is 1.94 bits per heavy atom. The summed E-state index contributed by atoms with van der Waals surface area (Å²) < 4.78 is 5.07. The predicted octanol–water partition coefficient (Wildman–Crippen LogP) is 0.170. The second-order valence-corrected chi connectivity index (χ2v) is 5.14. The van der Waals surface area contributed by atoms with E-state index in [1.54, 1.807) is 20.8 Å². The highest BCUT2D eigenvalue weighted by Gasteiger charge is 2.16. The van der Waals surface area contributed by atoms with E-state index in [0.29, 0.717) is 0 Å². The molecule has 0 heterocycles. The van der Waals surface area contributed by atoms with Crippen LogP contribution in [0, 0.1) is 0 Å². The van der Waals surface area contributed by atoms with E-state index in [-0.39, 0.29) is 36.5 Å². The Labute approximate surface area is 99.9 Å². The fourth-order valence-electron chi connectivity index (χ4n) is 0.844. The van der Waals surface area contributed by atoms with Gasteiger partial charge in [-0.1, -0.05) is 0 Å². The number of rotatable bonds is 6. The lowest BCUT2D eigenvalue weighted by atomic mass is 10.2. The first-order valence-electron chi connectivity index (χ1n) is 5.02. The summed E-state index contributed by atoms with van der Waals surface area (Å²) in [7, 11) is 0. The van der Waals surface area contributed by atoms with Crippen LogP contribution >= 0.6 is 11.8 Å². The summed E-state index contributed by atoms with van der Waals surface area (Å²) in [6.07, 6.45) is 0. The molecule has 0 saturated heterocycles. The largest absolute Gasteiger partial charge is 0.459 e. The van der Waals surface area contributed by atoms with Crippen LogP contribution in [0.25, 0.3) is 0 Å². The molecular weight excluding hydrogens is 230 g/mol. The summed E-state index contributed by atoms with van der Waals surface area (Å²) in [5.74, 6) is -0.168. The molecule has 0 aromatic heterocycles. The van der Waals surface area contributed by atoms with Gasteiger partial charge < -0.3 is 15.2 Å². The van der Waals surface area contributed by atoms with Crippen molar-refractivity contribution in [2.45, 2.75) is 26.4 Å². The van der Waals surface area contributed by atoms with E-state index < -0.39 is 5.60 Å². The predicted molar refractivity (Wildman–Crippen MR) is 63.3 cm³/mol. The number of aliphatic hydroxyl groups excluding tert-OH is 1. The molecule has 16 heavy (non-hydrogen) atoms. The Morgan fingerprint density at radius 3 is 2.44 bits per heavy atom. The topological polar surface area (TPSA) is 75.6 Å². The van der Waals surface area contributed by atoms with Gasteiger partial charge >= 0.3 is 5.97 Å². The number of esters is 1. The van der Waals surface area contributed by atoms with Crippen molar-refractivity contribution in [2.24, 2.45) is 0 Å². The summed E-state index contributed by atoms with van der Waals surface area (Å²) in [6.45, 7) is 5.55. The first-order valence-corrected chi connectivity index (χ1v) is 6.18. The molecule has 0 radical (unpaired) electrons. The van der Waals surface area contributed by atoms with E-state index in [1.807, 2.05) is 0 Å². The minimum atomic E-state index is -0.489. The van der Waals surface area contributed by atoms with Crippen LogP contribution in [-0.2, 0) is 14.3 Å². The van der Waals surface area contributed by atoms with E-state index in [1.165, 1.54) is 11.8 Å². The van der Waals surface area contributed by atoms with Crippen LogP contribution in [0.1, 0.15) is 20.8 Å². The van der Waals surface area contributed by atoms with Gasteiger partial charge in [0.25, 0.3) is 0 Å². The van der Waals surface area contributed by atoms with Crippen LogP contribution < -0.4 is 5.32 Å². The van der Waals surface area contributed by atoms with E-state index in [2.05, 4.69) is 5.32 Å². The molecule has 0 bridgehead atoms. The average molecular weight is 249 g/mol. The maximum atomic E-state index is 11.2. The Bertz CT molecular complexity index is 237. The summed E-state index contributed by atoms with van der Waals surface area (Å²) in [6, 6.07) is 0. The second-order valence-electron chi connectivity index (χ2n) is 4.15. The average Bonchev–Trinajstić information content (AvgIpc) is 2.11. The minimum absolute atomic E-state index is 0.0809.